The SMILES string of the molecule is CCC(CC)(CC1CCN(C[C@H]2CN(Cc3ccc(Cl)cc3Cl)C[C@@H]2c2ccsc2)CC1)OC. The molecule has 2 aromatic rings. The molecule has 188 valence electrons. The Morgan fingerprint density at radius 2 is 1.82 bits per heavy atom. The fourth-order valence-electron chi connectivity index (χ4n) is 6.17. The maximum absolute atomic E-state index is 6.50. The van der Waals surface area contributed by atoms with Gasteiger partial charge in [0.15, 0.2) is 0 Å². The van der Waals surface area contributed by atoms with Gasteiger partial charge in [0.1, 0.15) is 0 Å². The molecule has 0 bridgehead atoms. The zero-order chi connectivity index (χ0) is 24.1. The van der Waals surface area contributed by atoms with Crippen LogP contribution in [-0.2, 0) is 11.3 Å². The van der Waals surface area contributed by atoms with Crippen LogP contribution in [0.1, 0.15) is 63.0 Å². The number of piperidine rings is 1. The number of likely N-dealkylation sites (tertiary alicyclic amines) is 2. The van der Waals surface area contributed by atoms with Crippen LogP contribution < -0.4 is 0 Å². The summed E-state index contributed by atoms with van der Waals surface area (Å²) in [6, 6.07) is 8.22. The van der Waals surface area contributed by atoms with Crippen LogP contribution in [0.3, 0.4) is 0 Å². The first-order valence-corrected chi connectivity index (χ1v) is 14.6. The van der Waals surface area contributed by atoms with Gasteiger partial charge in [0.25, 0.3) is 0 Å². The van der Waals surface area contributed by atoms with Crippen molar-refractivity contribution in [2.45, 2.75) is 64.0 Å². The van der Waals surface area contributed by atoms with E-state index in [0.29, 0.717) is 16.9 Å². The van der Waals surface area contributed by atoms with Crippen molar-refractivity contribution in [1.29, 1.82) is 0 Å². The summed E-state index contributed by atoms with van der Waals surface area (Å²) in [7, 11) is 1.90. The molecule has 34 heavy (non-hydrogen) atoms. The van der Waals surface area contributed by atoms with E-state index in [0.717, 1.165) is 43.4 Å². The van der Waals surface area contributed by atoms with E-state index in [9.17, 15) is 0 Å². The molecule has 1 aromatic heterocycles. The van der Waals surface area contributed by atoms with E-state index in [1.54, 1.807) is 0 Å². The molecule has 4 rings (SSSR count). The molecule has 6 heteroatoms. The van der Waals surface area contributed by atoms with Crippen LogP contribution in [0.25, 0.3) is 0 Å². The first-order chi connectivity index (χ1) is 16.4. The number of ether oxygens (including phenoxy) is 1. The van der Waals surface area contributed by atoms with Gasteiger partial charge in [-0.2, -0.15) is 11.3 Å². The Kier molecular flexibility index (Phi) is 9.39. The Labute approximate surface area is 220 Å². The molecule has 3 heterocycles. The van der Waals surface area contributed by atoms with Crippen LogP contribution in [0, 0.1) is 11.8 Å². The van der Waals surface area contributed by atoms with Gasteiger partial charge in [0, 0.05) is 49.3 Å². The number of nitrogens with zero attached hydrogens (tertiary/aromatic N) is 2. The van der Waals surface area contributed by atoms with Crippen LogP contribution >= 0.6 is 34.5 Å². The fourth-order valence-corrected chi connectivity index (χ4v) is 7.36. The molecule has 0 amide bonds. The summed E-state index contributed by atoms with van der Waals surface area (Å²) in [4.78, 5) is 5.32. The predicted molar refractivity (Wildman–Crippen MR) is 146 cm³/mol. The smallest absolute Gasteiger partial charge is 0.0676 e. The summed E-state index contributed by atoms with van der Waals surface area (Å²) in [6.45, 7) is 11.3. The average molecular weight is 524 g/mol. The summed E-state index contributed by atoms with van der Waals surface area (Å²) >= 11 is 14.4. The van der Waals surface area contributed by atoms with Crippen molar-refractivity contribution in [2.24, 2.45) is 11.8 Å². The molecule has 0 unspecified atom stereocenters. The second-order valence-corrected chi connectivity index (χ2v) is 12.0. The summed E-state index contributed by atoms with van der Waals surface area (Å²) in [5.74, 6) is 2.04. The molecule has 0 radical (unpaired) electrons. The average Bonchev–Trinajstić information content (AvgIpc) is 3.51. The van der Waals surface area contributed by atoms with E-state index >= 15 is 0 Å². The number of methoxy groups -OCH3 is 1. The molecule has 3 nitrogen and oxygen atoms in total. The van der Waals surface area contributed by atoms with Crippen LogP contribution in [0.15, 0.2) is 35.0 Å². The van der Waals surface area contributed by atoms with Gasteiger partial charge in [0.05, 0.1) is 5.60 Å². The highest BCUT2D eigenvalue weighted by atomic mass is 35.5. The van der Waals surface area contributed by atoms with Crippen LogP contribution in [-0.4, -0.2) is 55.2 Å². The molecule has 2 saturated heterocycles. The normalized spacial score (nSPS) is 23.1. The van der Waals surface area contributed by atoms with E-state index in [4.69, 9.17) is 27.9 Å². The summed E-state index contributed by atoms with van der Waals surface area (Å²) < 4.78 is 5.97. The summed E-state index contributed by atoms with van der Waals surface area (Å²) in [5.41, 5.74) is 2.75. The van der Waals surface area contributed by atoms with Crippen molar-refractivity contribution < 1.29 is 4.74 Å². The molecule has 2 aliphatic rings. The van der Waals surface area contributed by atoms with Crippen molar-refractivity contribution in [3.63, 3.8) is 0 Å². The highest BCUT2D eigenvalue weighted by molar-refractivity contribution is 7.08. The zero-order valence-corrected chi connectivity index (χ0v) is 23.3. The Hall–Kier alpha value is -0.620. The van der Waals surface area contributed by atoms with Gasteiger partial charge in [-0.05, 0) is 97.1 Å². The molecule has 2 fully saturated rings. The molecular formula is C28H40Cl2N2OS. The topological polar surface area (TPSA) is 15.7 Å². The lowest BCUT2D eigenvalue weighted by atomic mass is 9.81. The van der Waals surface area contributed by atoms with Crippen LogP contribution in [0.4, 0.5) is 0 Å². The van der Waals surface area contributed by atoms with Crippen LogP contribution in [0.2, 0.25) is 10.0 Å². The van der Waals surface area contributed by atoms with E-state index < -0.39 is 0 Å². The molecule has 2 atom stereocenters. The molecule has 0 spiro atoms. The van der Waals surface area contributed by atoms with Crippen LogP contribution in [0.5, 0.6) is 0 Å². The first kappa shape index (κ1) is 26.4. The number of thiophene rings is 1. The third-order valence-electron chi connectivity index (χ3n) is 8.48. The lowest BCUT2D eigenvalue weighted by molar-refractivity contribution is -0.0423. The van der Waals surface area contributed by atoms with E-state index in [2.05, 4.69) is 46.5 Å². The van der Waals surface area contributed by atoms with Crippen molar-refractivity contribution in [3.8, 4) is 0 Å². The standard InChI is InChI=1S/C28H40Cl2N2OS/c1-4-28(5-2,33-3)15-21-8-11-31(12-9-21)17-24-18-32(19-26(24)23-10-13-34-20-23)16-22-6-7-25(29)14-27(22)30/h6-7,10,13-14,20-21,24,26H,4-5,8-9,11-12,15-19H2,1-3H3/t24-,26+/m0/s1. The largest absolute Gasteiger partial charge is 0.378 e. The third kappa shape index (κ3) is 6.38. The third-order valence-corrected chi connectivity index (χ3v) is 9.77. The van der Waals surface area contributed by atoms with E-state index in [1.165, 1.54) is 50.0 Å². The minimum Gasteiger partial charge on any atom is -0.378 e. The second-order valence-electron chi connectivity index (χ2n) is 10.4. The number of hydrogen-bond acceptors (Lipinski definition) is 4. The van der Waals surface area contributed by atoms with Crippen molar-refractivity contribution >= 4 is 34.5 Å². The lowest BCUT2D eigenvalue weighted by Gasteiger charge is -2.39. The highest BCUT2D eigenvalue weighted by Gasteiger charge is 2.37. The Bertz CT molecular complexity index is 886. The Morgan fingerprint density at radius 3 is 2.44 bits per heavy atom. The molecule has 2 aliphatic heterocycles. The Balaban J connectivity index is 1.36. The van der Waals surface area contributed by atoms with Crippen molar-refractivity contribution in [2.75, 3.05) is 39.8 Å². The number of benzene rings is 1. The van der Waals surface area contributed by atoms with Gasteiger partial charge in [0.2, 0.25) is 0 Å². The maximum Gasteiger partial charge on any atom is 0.0676 e. The molecule has 1 aromatic carbocycles. The minimum absolute atomic E-state index is 0.0752. The number of hydrogen-bond donors (Lipinski definition) is 0. The first-order valence-electron chi connectivity index (χ1n) is 12.9. The van der Waals surface area contributed by atoms with Gasteiger partial charge in [-0.25, -0.2) is 0 Å². The van der Waals surface area contributed by atoms with E-state index in [1.807, 2.05) is 30.6 Å². The Morgan fingerprint density at radius 1 is 1.06 bits per heavy atom. The molecular weight excluding hydrogens is 483 g/mol. The maximum atomic E-state index is 6.50. The monoisotopic (exact) mass is 522 g/mol. The van der Waals surface area contributed by atoms with Gasteiger partial charge in [-0.3, -0.25) is 4.90 Å². The van der Waals surface area contributed by atoms with Gasteiger partial charge < -0.3 is 9.64 Å². The highest BCUT2D eigenvalue weighted by Crippen LogP contribution is 2.38. The van der Waals surface area contributed by atoms with Gasteiger partial charge in [-0.15, -0.1) is 0 Å². The predicted octanol–water partition coefficient (Wildman–Crippen LogP) is 7.58. The number of rotatable bonds is 10. The molecule has 0 aliphatic carbocycles. The second kappa shape index (κ2) is 12.1. The van der Waals surface area contributed by atoms with Crippen molar-refractivity contribution in [1.82, 2.24) is 9.80 Å². The molecule has 0 N–H and O–H groups in total. The summed E-state index contributed by atoms with van der Waals surface area (Å²) in [6.07, 6.45) is 6.02. The number of halogens is 2. The molecule has 0 saturated carbocycles. The van der Waals surface area contributed by atoms with Crippen molar-refractivity contribution in [3.05, 3.63) is 56.2 Å². The van der Waals surface area contributed by atoms with Gasteiger partial charge >= 0.3 is 0 Å². The zero-order valence-electron chi connectivity index (χ0n) is 20.9. The van der Waals surface area contributed by atoms with Gasteiger partial charge in [-0.1, -0.05) is 43.1 Å². The van der Waals surface area contributed by atoms with E-state index in [-0.39, 0.29) is 5.60 Å². The lowest BCUT2D eigenvalue weighted by Crippen LogP contribution is -2.41. The summed E-state index contributed by atoms with van der Waals surface area (Å²) in [5, 5.41) is 6.05. The fraction of sp³-hybridized carbons (Fsp3) is 0.643. The quantitative estimate of drug-likeness (QED) is 0.319. The minimum atomic E-state index is 0.0752.